The van der Waals surface area contributed by atoms with Crippen molar-refractivity contribution in [2.75, 3.05) is 26.2 Å². The van der Waals surface area contributed by atoms with Crippen molar-refractivity contribution in [3.8, 4) is 5.75 Å². The molecule has 3 unspecified atom stereocenters. The van der Waals surface area contributed by atoms with Gasteiger partial charge >= 0.3 is 0 Å². The molecule has 4 aromatic rings. The van der Waals surface area contributed by atoms with E-state index >= 15 is 0 Å². The van der Waals surface area contributed by atoms with Gasteiger partial charge in [0.15, 0.2) is 0 Å². The lowest BCUT2D eigenvalue weighted by Gasteiger charge is -2.40. The number of hydrogen-bond acceptors (Lipinski definition) is 6. The molecule has 3 aliphatic rings. The smallest absolute Gasteiger partial charge is 0.253 e. The number of rotatable bonds is 12. The maximum absolute atomic E-state index is 14.2. The zero-order chi connectivity index (χ0) is 36.5. The monoisotopic (exact) mass is 729 g/mol. The molecule has 2 aliphatic heterocycles. The summed E-state index contributed by atoms with van der Waals surface area (Å²) in [6, 6.07) is 17.1. The summed E-state index contributed by atoms with van der Waals surface area (Å²) in [6.07, 6.45) is 3.38. The summed E-state index contributed by atoms with van der Waals surface area (Å²) >= 11 is 6.16. The molecule has 1 saturated carbocycles. The SMILES string of the molecule is C[C@H](OCc1ccc(F)cc1)[C@H](NC(=O)C1CN(C(=O)Cc2c[nH]c3cc(Cl)ccc23)CC2CN(C(=O)c3ccc(OC4CC4)cc3)CC21)C(N)=O. The lowest BCUT2D eigenvalue weighted by molar-refractivity contribution is -0.141. The van der Waals surface area contributed by atoms with Gasteiger partial charge in [-0.15, -0.1) is 0 Å². The van der Waals surface area contributed by atoms with Gasteiger partial charge in [0.2, 0.25) is 17.7 Å². The number of aromatic amines is 1. The summed E-state index contributed by atoms with van der Waals surface area (Å²) in [5, 5.41) is 4.27. The molecule has 1 aliphatic carbocycles. The van der Waals surface area contributed by atoms with Crippen LogP contribution >= 0.6 is 11.6 Å². The van der Waals surface area contributed by atoms with Crippen LogP contribution in [0.1, 0.15) is 41.3 Å². The lowest BCUT2D eigenvalue weighted by Crippen LogP contribution is -2.58. The molecule has 3 aromatic carbocycles. The molecule has 13 heteroatoms. The average Bonchev–Trinajstić information content (AvgIpc) is 3.70. The highest BCUT2D eigenvalue weighted by Gasteiger charge is 2.48. The molecule has 0 spiro atoms. The van der Waals surface area contributed by atoms with E-state index in [-0.39, 0.29) is 55.1 Å². The standard InChI is InChI=1S/C39H41ClFN5O6/c1-22(51-21-23-2-7-28(41)8-3-23)36(37(42)48)44-38(49)33-20-45(35(47)14-25-16-43-34-15-27(40)6-13-31(25)34)17-26-18-46(19-32(26)33)39(50)24-4-9-29(10-5-24)52-30-11-12-30/h2-10,13,15-16,22,26,30,32-33,36,43H,11-12,14,17-21H2,1H3,(H2,42,48)(H,44,49)/t22-,26?,32?,33?,36-/m0/s1. The second-order valence-corrected chi connectivity index (χ2v) is 14.5. The summed E-state index contributed by atoms with van der Waals surface area (Å²) in [7, 11) is 0. The Balaban J connectivity index is 1.08. The number of fused-ring (bicyclic) bond motifs is 2. The van der Waals surface area contributed by atoms with E-state index in [2.05, 4.69) is 10.3 Å². The second kappa shape index (κ2) is 15.0. The number of nitrogens with two attached hydrogens (primary N) is 1. The number of nitrogens with one attached hydrogen (secondary N) is 2. The van der Waals surface area contributed by atoms with E-state index in [0.29, 0.717) is 35.8 Å². The Morgan fingerprint density at radius 3 is 2.42 bits per heavy atom. The van der Waals surface area contributed by atoms with Gasteiger partial charge in [-0.25, -0.2) is 4.39 Å². The minimum atomic E-state index is -1.17. The summed E-state index contributed by atoms with van der Waals surface area (Å²) in [5.74, 6) is -2.41. The number of aromatic nitrogens is 1. The zero-order valence-corrected chi connectivity index (χ0v) is 29.5. The minimum Gasteiger partial charge on any atom is -0.490 e. The number of benzene rings is 3. The molecule has 5 atom stereocenters. The fraction of sp³-hybridized carbons (Fsp3) is 0.385. The average molecular weight is 730 g/mol. The van der Waals surface area contributed by atoms with Gasteiger partial charge in [0.1, 0.15) is 17.6 Å². The van der Waals surface area contributed by atoms with E-state index in [0.717, 1.165) is 35.1 Å². The highest BCUT2D eigenvalue weighted by Crippen LogP contribution is 2.37. The normalized spacial score (nSPS) is 21.0. The van der Waals surface area contributed by atoms with Crippen molar-refractivity contribution in [3.05, 3.63) is 100 Å². The molecule has 3 fully saturated rings. The number of likely N-dealkylation sites (tertiary alicyclic amines) is 2. The van der Waals surface area contributed by atoms with E-state index in [4.69, 9.17) is 26.8 Å². The van der Waals surface area contributed by atoms with E-state index in [1.54, 1.807) is 71.5 Å². The number of H-pyrrole nitrogens is 1. The highest BCUT2D eigenvalue weighted by molar-refractivity contribution is 6.31. The quantitative estimate of drug-likeness (QED) is 0.196. The van der Waals surface area contributed by atoms with Gasteiger partial charge in [-0.3, -0.25) is 19.2 Å². The maximum atomic E-state index is 14.2. The molecule has 4 N–H and O–H groups in total. The number of nitrogens with zero attached hydrogens (tertiary/aromatic N) is 2. The second-order valence-electron chi connectivity index (χ2n) is 14.1. The lowest BCUT2D eigenvalue weighted by atomic mass is 9.79. The molecule has 2 saturated heterocycles. The van der Waals surface area contributed by atoms with Crippen LogP contribution in [0.5, 0.6) is 5.75 Å². The molecule has 3 heterocycles. The van der Waals surface area contributed by atoms with Crippen LogP contribution in [-0.2, 0) is 32.1 Å². The molecule has 272 valence electrons. The number of piperidine rings is 1. The first kappa shape index (κ1) is 35.5. The van der Waals surface area contributed by atoms with Crippen LogP contribution in [0.15, 0.2) is 72.9 Å². The van der Waals surface area contributed by atoms with E-state index in [1.807, 2.05) is 6.07 Å². The van der Waals surface area contributed by atoms with Crippen molar-refractivity contribution in [1.82, 2.24) is 20.1 Å². The summed E-state index contributed by atoms with van der Waals surface area (Å²) in [4.78, 5) is 61.0. The first-order valence-corrected chi connectivity index (χ1v) is 17.9. The number of amides is 4. The third kappa shape index (κ3) is 7.93. The summed E-state index contributed by atoms with van der Waals surface area (Å²) in [5.41, 5.74) is 8.58. The van der Waals surface area contributed by atoms with Crippen LogP contribution < -0.4 is 15.8 Å². The molecule has 0 radical (unpaired) electrons. The topological polar surface area (TPSA) is 147 Å². The third-order valence-corrected chi connectivity index (χ3v) is 10.6. The molecular weight excluding hydrogens is 689 g/mol. The Bertz CT molecular complexity index is 1970. The molecule has 52 heavy (non-hydrogen) atoms. The van der Waals surface area contributed by atoms with Crippen molar-refractivity contribution in [2.45, 2.75) is 51.0 Å². The van der Waals surface area contributed by atoms with E-state index in [1.165, 1.54) is 12.1 Å². The largest absolute Gasteiger partial charge is 0.490 e. The van der Waals surface area contributed by atoms with Gasteiger partial charge in [0, 0.05) is 53.9 Å². The van der Waals surface area contributed by atoms with Crippen molar-refractivity contribution < 1.29 is 33.0 Å². The van der Waals surface area contributed by atoms with Gasteiger partial charge in [-0.05, 0) is 91.3 Å². The predicted molar refractivity (Wildman–Crippen MR) is 192 cm³/mol. The van der Waals surface area contributed by atoms with Crippen molar-refractivity contribution in [1.29, 1.82) is 0 Å². The molecule has 7 rings (SSSR count). The van der Waals surface area contributed by atoms with Gasteiger partial charge in [0.05, 0.1) is 31.2 Å². The molecule has 0 bridgehead atoms. The van der Waals surface area contributed by atoms with Crippen LogP contribution in [0, 0.1) is 23.6 Å². The fourth-order valence-electron chi connectivity index (χ4n) is 7.32. The van der Waals surface area contributed by atoms with Gasteiger partial charge < -0.3 is 35.3 Å². The van der Waals surface area contributed by atoms with Gasteiger partial charge in [-0.1, -0.05) is 29.8 Å². The Morgan fingerprint density at radius 2 is 1.71 bits per heavy atom. The number of carbonyl (C=O) groups is 4. The number of hydrogen-bond donors (Lipinski definition) is 3. The molecule has 11 nitrogen and oxygen atoms in total. The number of halogens is 2. The number of primary amides is 1. The molecular formula is C39H41ClFN5O6. The Hall–Kier alpha value is -4.94. The van der Waals surface area contributed by atoms with E-state index in [9.17, 15) is 23.6 Å². The summed E-state index contributed by atoms with van der Waals surface area (Å²) < 4.78 is 25.1. The summed E-state index contributed by atoms with van der Waals surface area (Å²) in [6.45, 7) is 2.85. The maximum Gasteiger partial charge on any atom is 0.253 e. The van der Waals surface area contributed by atoms with E-state index < -0.39 is 29.9 Å². The van der Waals surface area contributed by atoms with Gasteiger partial charge in [-0.2, -0.15) is 0 Å². The third-order valence-electron chi connectivity index (χ3n) is 10.4. The number of carbonyl (C=O) groups excluding carboxylic acids is 4. The van der Waals surface area contributed by atoms with Crippen LogP contribution in [0.2, 0.25) is 5.02 Å². The van der Waals surface area contributed by atoms with Crippen LogP contribution in [0.25, 0.3) is 10.9 Å². The fourth-order valence-corrected chi connectivity index (χ4v) is 7.50. The zero-order valence-electron chi connectivity index (χ0n) is 28.7. The molecule has 1 aromatic heterocycles. The predicted octanol–water partition coefficient (Wildman–Crippen LogP) is 4.47. The Kier molecular flexibility index (Phi) is 10.2. The minimum absolute atomic E-state index is 0.0717. The number of ether oxygens (including phenoxy) is 2. The van der Waals surface area contributed by atoms with Crippen LogP contribution in [-0.4, -0.2) is 82.8 Å². The Morgan fingerprint density at radius 1 is 0.981 bits per heavy atom. The van der Waals surface area contributed by atoms with Crippen LogP contribution in [0.4, 0.5) is 4.39 Å². The van der Waals surface area contributed by atoms with Crippen molar-refractivity contribution in [2.24, 2.45) is 23.5 Å². The Labute approximate surface area is 305 Å². The highest BCUT2D eigenvalue weighted by atomic mass is 35.5. The van der Waals surface area contributed by atoms with Gasteiger partial charge in [0.25, 0.3) is 5.91 Å². The first-order valence-electron chi connectivity index (χ1n) is 17.6. The van der Waals surface area contributed by atoms with Crippen molar-refractivity contribution in [3.63, 3.8) is 0 Å². The molecule has 4 amide bonds. The van der Waals surface area contributed by atoms with Crippen LogP contribution in [0.3, 0.4) is 0 Å². The first-order chi connectivity index (χ1) is 25.0. The van der Waals surface area contributed by atoms with Crippen molar-refractivity contribution >= 4 is 46.1 Å².